The van der Waals surface area contributed by atoms with Crippen LogP contribution in [0.2, 0.25) is 0 Å². The Morgan fingerprint density at radius 1 is 1.46 bits per heavy atom. The van der Waals surface area contributed by atoms with Crippen LogP contribution in [0.5, 0.6) is 5.75 Å². The Kier molecular flexibility index (Phi) is 3.25. The number of rotatable bonds is 4. The first-order valence-electron chi connectivity index (χ1n) is 4.08. The van der Waals surface area contributed by atoms with Gasteiger partial charge in [0, 0.05) is 7.05 Å². The lowest BCUT2D eigenvalue weighted by atomic mass is 10.3. The SMILES string of the molecule is CCOc1ccccc1N(C)N=O. The van der Waals surface area contributed by atoms with E-state index in [4.69, 9.17) is 4.74 Å². The number of nitroso groups, excluding NO2 is 1. The van der Waals surface area contributed by atoms with Gasteiger partial charge in [-0.05, 0) is 19.1 Å². The van der Waals surface area contributed by atoms with Crippen molar-refractivity contribution in [1.82, 2.24) is 0 Å². The molecule has 13 heavy (non-hydrogen) atoms. The second-order valence-corrected chi connectivity index (χ2v) is 2.51. The molecule has 0 atom stereocenters. The third-order valence-electron chi connectivity index (χ3n) is 1.64. The van der Waals surface area contributed by atoms with Gasteiger partial charge in [0.1, 0.15) is 11.4 Å². The Bertz CT molecular complexity index is 289. The number of para-hydroxylation sites is 2. The van der Waals surface area contributed by atoms with Gasteiger partial charge in [0.25, 0.3) is 0 Å². The summed E-state index contributed by atoms with van der Waals surface area (Å²) >= 11 is 0. The molecule has 1 aromatic carbocycles. The molecule has 0 amide bonds. The molecule has 0 aliphatic rings. The normalized spacial score (nSPS) is 9.38. The van der Waals surface area contributed by atoms with Crippen LogP contribution in [0.25, 0.3) is 0 Å². The molecule has 0 aliphatic heterocycles. The van der Waals surface area contributed by atoms with E-state index >= 15 is 0 Å². The molecule has 0 heterocycles. The van der Waals surface area contributed by atoms with Crippen LogP contribution in [0.3, 0.4) is 0 Å². The minimum absolute atomic E-state index is 0.573. The van der Waals surface area contributed by atoms with E-state index in [2.05, 4.69) is 5.29 Å². The quantitative estimate of drug-likeness (QED) is 0.527. The Morgan fingerprint density at radius 3 is 2.77 bits per heavy atom. The van der Waals surface area contributed by atoms with Gasteiger partial charge in [-0.3, -0.25) is 0 Å². The Labute approximate surface area is 77.1 Å². The van der Waals surface area contributed by atoms with E-state index in [0.717, 1.165) is 0 Å². The molecule has 0 radical (unpaired) electrons. The molecule has 0 unspecified atom stereocenters. The topological polar surface area (TPSA) is 41.9 Å². The van der Waals surface area contributed by atoms with Gasteiger partial charge in [0.05, 0.1) is 11.9 Å². The zero-order valence-electron chi connectivity index (χ0n) is 7.73. The summed E-state index contributed by atoms with van der Waals surface area (Å²) < 4.78 is 5.32. The Hall–Kier alpha value is -1.58. The Balaban J connectivity index is 2.96. The molecule has 0 aliphatic carbocycles. The lowest BCUT2D eigenvalue weighted by Crippen LogP contribution is -2.08. The highest BCUT2D eigenvalue weighted by atomic mass is 16.5. The van der Waals surface area contributed by atoms with E-state index < -0.39 is 0 Å². The number of anilines is 1. The van der Waals surface area contributed by atoms with Crippen LogP contribution in [-0.2, 0) is 0 Å². The van der Waals surface area contributed by atoms with Crippen LogP contribution in [0, 0.1) is 4.91 Å². The number of ether oxygens (including phenoxy) is 1. The zero-order chi connectivity index (χ0) is 9.68. The van der Waals surface area contributed by atoms with Crippen LogP contribution in [0.15, 0.2) is 29.6 Å². The van der Waals surface area contributed by atoms with Crippen molar-refractivity contribution in [3.63, 3.8) is 0 Å². The summed E-state index contributed by atoms with van der Waals surface area (Å²) in [6.45, 7) is 2.47. The molecule has 1 rings (SSSR count). The number of benzene rings is 1. The summed E-state index contributed by atoms with van der Waals surface area (Å²) in [7, 11) is 1.59. The maximum absolute atomic E-state index is 10.3. The first kappa shape index (κ1) is 9.51. The predicted molar refractivity (Wildman–Crippen MR) is 51.8 cm³/mol. The molecule has 0 spiro atoms. The van der Waals surface area contributed by atoms with Gasteiger partial charge in [0.2, 0.25) is 0 Å². The predicted octanol–water partition coefficient (Wildman–Crippen LogP) is 2.20. The Morgan fingerprint density at radius 2 is 2.15 bits per heavy atom. The first-order valence-corrected chi connectivity index (χ1v) is 4.08. The van der Waals surface area contributed by atoms with Crippen molar-refractivity contribution in [1.29, 1.82) is 0 Å². The van der Waals surface area contributed by atoms with Crippen LogP contribution >= 0.6 is 0 Å². The molecule has 0 bridgehead atoms. The van der Waals surface area contributed by atoms with Crippen molar-refractivity contribution < 1.29 is 4.74 Å². The summed E-state index contributed by atoms with van der Waals surface area (Å²) in [5, 5.41) is 4.05. The van der Waals surface area contributed by atoms with Crippen molar-refractivity contribution in [3.05, 3.63) is 29.2 Å². The van der Waals surface area contributed by atoms with Crippen LogP contribution in [-0.4, -0.2) is 13.7 Å². The molecule has 0 saturated heterocycles. The number of hydrogen-bond acceptors (Lipinski definition) is 3. The fourth-order valence-electron chi connectivity index (χ4n) is 1.05. The van der Waals surface area contributed by atoms with Gasteiger partial charge >= 0.3 is 0 Å². The summed E-state index contributed by atoms with van der Waals surface area (Å²) in [5.41, 5.74) is 0.680. The lowest BCUT2D eigenvalue weighted by Gasteiger charge is -2.13. The van der Waals surface area contributed by atoms with E-state index in [1.54, 1.807) is 19.2 Å². The molecular weight excluding hydrogens is 168 g/mol. The molecule has 0 saturated carbocycles. The molecule has 0 aromatic heterocycles. The van der Waals surface area contributed by atoms with Crippen LogP contribution in [0.1, 0.15) is 6.92 Å². The maximum atomic E-state index is 10.3. The van der Waals surface area contributed by atoms with E-state index in [9.17, 15) is 4.91 Å². The highest BCUT2D eigenvalue weighted by molar-refractivity contribution is 5.57. The minimum atomic E-state index is 0.573. The maximum Gasteiger partial charge on any atom is 0.144 e. The van der Waals surface area contributed by atoms with E-state index in [-0.39, 0.29) is 0 Å². The van der Waals surface area contributed by atoms with Gasteiger partial charge in [-0.25, -0.2) is 5.01 Å². The van der Waals surface area contributed by atoms with Crippen molar-refractivity contribution >= 4 is 5.69 Å². The summed E-state index contributed by atoms with van der Waals surface area (Å²) in [6.07, 6.45) is 0. The molecule has 0 fully saturated rings. The fourth-order valence-corrected chi connectivity index (χ4v) is 1.05. The fraction of sp³-hybridized carbons (Fsp3) is 0.333. The average molecular weight is 180 g/mol. The van der Waals surface area contributed by atoms with Crippen molar-refractivity contribution in [2.45, 2.75) is 6.92 Å². The zero-order valence-corrected chi connectivity index (χ0v) is 7.73. The highest BCUT2D eigenvalue weighted by Gasteiger charge is 2.06. The monoisotopic (exact) mass is 180 g/mol. The molecular formula is C9H12N2O2. The second kappa shape index (κ2) is 4.45. The van der Waals surface area contributed by atoms with E-state index in [1.165, 1.54) is 5.01 Å². The highest BCUT2D eigenvalue weighted by Crippen LogP contribution is 2.26. The molecule has 4 heteroatoms. The number of hydrogen-bond donors (Lipinski definition) is 0. The molecule has 1 aromatic rings. The largest absolute Gasteiger partial charge is 0.492 e. The van der Waals surface area contributed by atoms with Crippen molar-refractivity contribution in [2.75, 3.05) is 18.7 Å². The van der Waals surface area contributed by atoms with Gasteiger partial charge in [0.15, 0.2) is 0 Å². The first-order chi connectivity index (χ1) is 6.29. The molecule has 4 nitrogen and oxygen atoms in total. The van der Waals surface area contributed by atoms with Crippen molar-refractivity contribution in [3.8, 4) is 5.75 Å². The summed E-state index contributed by atoms with van der Waals surface area (Å²) in [5.74, 6) is 0.673. The van der Waals surface area contributed by atoms with Gasteiger partial charge < -0.3 is 4.74 Å². The van der Waals surface area contributed by atoms with Crippen LogP contribution < -0.4 is 9.75 Å². The smallest absolute Gasteiger partial charge is 0.144 e. The van der Waals surface area contributed by atoms with Gasteiger partial charge in [-0.2, -0.15) is 0 Å². The molecule has 70 valence electrons. The standard InChI is InChI=1S/C9H12N2O2/c1-3-13-9-7-5-4-6-8(9)11(2)10-12/h4-7H,3H2,1-2H3. The average Bonchev–Trinajstić information content (AvgIpc) is 2.18. The third-order valence-corrected chi connectivity index (χ3v) is 1.64. The van der Waals surface area contributed by atoms with E-state index in [0.29, 0.717) is 18.0 Å². The molecule has 0 N–H and O–H groups in total. The third kappa shape index (κ3) is 2.18. The summed E-state index contributed by atoms with van der Waals surface area (Å²) in [4.78, 5) is 10.3. The number of nitrogens with zero attached hydrogens (tertiary/aromatic N) is 2. The van der Waals surface area contributed by atoms with Gasteiger partial charge in [-0.1, -0.05) is 12.1 Å². The second-order valence-electron chi connectivity index (χ2n) is 2.51. The lowest BCUT2D eigenvalue weighted by molar-refractivity contribution is 0.340. The van der Waals surface area contributed by atoms with Gasteiger partial charge in [-0.15, -0.1) is 4.91 Å². The minimum Gasteiger partial charge on any atom is -0.492 e. The van der Waals surface area contributed by atoms with Crippen LogP contribution in [0.4, 0.5) is 5.69 Å². The van der Waals surface area contributed by atoms with Crippen molar-refractivity contribution in [2.24, 2.45) is 5.29 Å². The van der Waals surface area contributed by atoms with E-state index in [1.807, 2.05) is 19.1 Å². The summed E-state index contributed by atoms with van der Waals surface area (Å²) in [6, 6.07) is 7.28.